The first-order valence-corrected chi connectivity index (χ1v) is 11.0. The van der Waals surface area contributed by atoms with E-state index in [1.807, 2.05) is 51.1 Å². The Balaban J connectivity index is 2.21. The molecule has 3 atom stereocenters. The van der Waals surface area contributed by atoms with E-state index in [-0.39, 0.29) is 17.7 Å². The van der Waals surface area contributed by atoms with Gasteiger partial charge in [-0.2, -0.15) is 0 Å². The monoisotopic (exact) mass is 417 g/mol. The first kappa shape index (κ1) is 23.9. The highest BCUT2D eigenvalue weighted by atomic mass is 16.5. The number of hydrogen-bond acceptors (Lipinski definition) is 4. The summed E-state index contributed by atoms with van der Waals surface area (Å²) in [5.41, 5.74) is 2.54. The molecule has 1 aliphatic heterocycles. The van der Waals surface area contributed by atoms with E-state index >= 15 is 0 Å². The van der Waals surface area contributed by atoms with Crippen LogP contribution in [0.25, 0.3) is 0 Å². The molecule has 7 heteroatoms. The maximum atomic E-state index is 13.2. The number of rotatable bonds is 9. The lowest BCUT2D eigenvalue weighted by atomic mass is 9.81. The first-order chi connectivity index (χ1) is 14.4. The quantitative estimate of drug-likeness (QED) is 0.424. The molecular weight excluding hydrogens is 382 g/mol. The second-order valence-corrected chi connectivity index (χ2v) is 8.49. The van der Waals surface area contributed by atoms with Crippen LogP contribution in [-0.2, 0) is 14.4 Å². The largest absolute Gasteiger partial charge is 0.344 e. The molecular formula is C23H35N3O4. The summed E-state index contributed by atoms with van der Waals surface area (Å²) in [5.74, 6) is -1.99. The van der Waals surface area contributed by atoms with Crippen LogP contribution < -0.4 is 15.7 Å². The van der Waals surface area contributed by atoms with Crippen molar-refractivity contribution in [1.29, 1.82) is 0 Å². The molecule has 2 rings (SSSR count). The summed E-state index contributed by atoms with van der Waals surface area (Å²) in [4.78, 5) is 40.4. The molecule has 0 radical (unpaired) electrons. The van der Waals surface area contributed by atoms with Gasteiger partial charge >= 0.3 is 0 Å². The number of hydroxylamine groups is 1. The van der Waals surface area contributed by atoms with Crippen molar-refractivity contribution >= 4 is 23.4 Å². The third kappa shape index (κ3) is 6.29. The summed E-state index contributed by atoms with van der Waals surface area (Å²) in [7, 11) is 0. The Labute approximate surface area is 179 Å². The molecule has 3 amide bonds. The molecule has 0 saturated carbocycles. The van der Waals surface area contributed by atoms with E-state index in [0.29, 0.717) is 32.2 Å². The van der Waals surface area contributed by atoms with Crippen LogP contribution in [0.5, 0.6) is 0 Å². The van der Waals surface area contributed by atoms with Gasteiger partial charge in [0, 0.05) is 18.2 Å². The van der Waals surface area contributed by atoms with Crippen LogP contribution in [0.4, 0.5) is 5.69 Å². The van der Waals surface area contributed by atoms with E-state index in [9.17, 15) is 14.4 Å². The van der Waals surface area contributed by atoms with Crippen molar-refractivity contribution in [3.8, 4) is 0 Å². The van der Waals surface area contributed by atoms with Gasteiger partial charge in [0.1, 0.15) is 6.04 Å². The zero-order chi connectivity index (χ0) is 22.1. The molecule has 30 heavy (non-hydrogen) atoms. The molecule has 0 bridgehead atoms. The Morgan fingerprint density at radius 1 is 1.13 bits per heavy atom. The van der Waals surface area contributed by atoms with E-state index in [1.165, 1.54) is 0 Å². The van der Waals surface area contributed by atoms with Crippen LogP contribution >= 0.6 is 0 Å². The van der Waals surface area contributed by atoms with Gasteiger partial charge in [-0.05, 0) is 50.2 Å². The zero-order valence-electron chi connectivity index (χ0n) is 18.3. The molecule has 1 aromatic carbocycles. The molecule has 2 unspecified atom stereocenters. The highest BCUT2D eigenvalue weighted by molar-refractivity contribution is 6.00. The summed E-state index contributed by atoms with van der Waals surface area (Å²) in [6, 6.07) is 8.86. The van der Waals surface area contributed by atoms with Gasteiger partial charge in [-0.15, -0.1) is 0 Å². The summed E-state index contributed by atoms with van der Waals surface area (Å²) < 4.78 is 0. The Morgan fingerprint density at radius 3 is 2.43 bits per heavy atom. The summed E-state index contributed by atoms with van der Waals surface area (Å²) >= 11 is 0. The minimum absolute atomic E-state index is 0.117. The number of carbonyl (C=O) groups is 3. The third-order valence-electron chi connectivity index (χ3n) is 5.67. The molecule has 0 aliphatic carbocycles. The Bertz CT molecular complexity index is 708. The van der Waals surface area contributed by atoms with E-state index in [2.05, 4.69) is 5.32 Å². The lowest BCUT2D eigenvalue weighted by molar-refractivity contribution is -0.141. The second-order valence-electron chi connectivity index (χ2n) is 8.49. The minimum atomic E-state index is -0.631. The first-order valence-electron chi connectivity index (χ1n) is 11.0. The Morgan fingerprint density at radius 2 is 1.83 bits per heavy atom. The van der Waals surface area contributed by atoms with E-state index < -0.39 is 23.8 Å². The van der Waals surface area contributed by atoms with Crippen molar-refractivity contribution in [2.45, 2.75) is 65.3 Å². The SMILES string of the molecule is CCCC(C(=O)NO)C(CC(C)C)C(=O)N[C@H]1CCCCN(c2ccccc2)C1=O. The molecule has 1 heterocycles. The zero-order valence-corrected chi connectivity index (χ0v) is 18.3. The molecule has 1 fully saturated rings. The molecule has 0 aromatic heterocycles. The van der Waals surface area contributed by atoms with Crippen molar-refractivity contribution in [2.75, 3.05) is 11.4 Å². The van der Waals surface area contributed by atoms with Crippen molar-refractivity contribution in [3.05, 3.63) is 30.3 Å². The van der Waals surface area contributed by atoms with Crippen molar-refractivity contribution in [3.63, 3.8) is 0 Å². The topological polar surface area (TPSA) is 98.7 Å². The normalized spacial score (nSPS) is 19.2. The van der Waals surface area contributed by atoms with Gasteiger partial charge in [0.2, 0.25) is 17.7 Å². The van der Waals surface area contributed by atoms with Gasteiger partial charge in [-0.3, -0.25) is 19.6 Å². The van der Waals surface area contributed by atoms with Crippen LogP contribution in [0.3, 0.4) is 0 Å². The average molecular weight is 418 g/mol. The highest BCUT2D eigenvalue weighted by Gasteiger charge is 2.36. The van der Waals surface area contributed by atoms with Crippen molar-refractivity contribution in [1.82, 2.24) is 10.8 Å². The van der Waals surface area contributed by atoms with Crippen LogP contribution in [0, 0.1) is 17.8 Å². The Hall–Kier alpha value is -2.41. The number of anilines is 1. The highest BCUT2D eigenvalue weighted by Crippen LogP contribution is 2.27. The van der Waals surface area contributed by atoms with Crippen LogP contribution in [-0.4, -0.2) is 35.5 Å². The van der Waals surface area contributed by atoms with Gasteiger partial charge in [0.25, 0.3) is 0 Å². The molecule has 1 aliphatic rings. The van der Waals surface area contributed by atoms with E-state index in [0.717, 1.165) is 18.5 Å². The molecule has 166 valence electrons. The Kier molecular flexibility index (Phi) is 9.30. The summed E-state index contributed by atoms with van der Waals surface area (Å²) in [5, 5.41) is 12.1. The standard InChI is InChI=1S/C23H35N3O4/c1-4-10-18(22(28)25-30)19(15-16(2)3)21(27)24-20-13-8-9-14-26(23(20)29)17-11-6-5-7-12-17/h5-7,11-12,16,18-20,30H,4,8-10,13-15H2,1-3H3,(H,24,27)(H,25,28)/t18?,19?,20-/m0/s1. The fraction of sp³-hybridized carbons (Fsp3) is 0.609. The average Bonchev–Trinajstić information content (AvgIpc) is 2.92. The van der Waals surface area contributed by atoms with Crippen LogP contribution in [0.15, 0.2) is 30.3 Å². The number of amides is 3. The van der Waals surface area contributed by atoms with Gasteiger partial charge in [-0.25, -0.2) is 5.48 Å². The molecule has 0 spiro atoms. The van der Waals surface area contributed by atoms with Gasteiger partial charge in [0.15, 0.2) is 0 Å². The predicted octanol–water partition coefficient (Wildman–Crippen LogP) is 3.27. The van der Waals surface area contributed by atoms with Crippen LogP contribution in [0.1, 0.15) is 59.3 Å². The van der Waals surface area contributed by atoms with E-state index in [4.69, 9.17) is 5.21 Å². The van der Waals surface area contributed by atoms with Crippen molar-refractivity contribution in [2.24, 2.45) is 17.8 Å². The summed E-state index contributed by atoms with van der Waals surface area (Å²) in [6.07, 6.45) is 3.99. The lowest BCUT2D eigenvalue weighted by Gasteiger charge is -2.29. The number of nitrogens with zero attached hydrogens (tertiary/aromatic N) is 1. The minimum Gasteiger partial charge on any atom is -0.344 e. The third-order valence-corrected chi connectivity index (χ3v) is 5.67. The van der Waals surface area contributed by atoms with E-state index in [1.54, 1.807) is 10.4 Å². The number of carbonyl (C=O) groups excluding carboxylic acids is 3. The molecule has 3 N–H and O–H groups in total. The smallest absolute Gasteiger partial charge is 0.249 e. The number of benzene rings is 1. The van der Waals surface area contributed by atoms with Gasteiger partial charge < -0.3 is 10.2 Å². The van der Waals surface area contributed by atoms with Gasteiger partial charge in [-0.1, -0.05) is 45.4 Å². The number of para-hydroxylation sites is 1. The summed E-state index contributed by atoms with van der Waals surface area (Å²) in [6.45, 7) is 6.55. The molecule has 1 aromatic rings. The van der Waals surface area contributed by atoms with Crippen LogP contribution in [0.2, 0.25) is 0 Å². The fourth-order valence-electron chi connectivity index (χ4n) is 4.19. The maximum absolute atomic E-state index is 13.2. The number of hydrogen-bond donors (Lipinski definition) is 3. The molecule has 1 saturated heterocycles. The fourth-order valence-corrected chi connectivity index (χ4v) is 4.19. The maximum Gasteiger partial charge on any atom is 0.249 e. The predicted molar refractivity (Wildman–Crippen MR) is 116 cm³/mol. The number of nitrogens with one attached hydrogen (secondary N) is 2. The second kappa shape index (κ2) is 11.7. The van der Waals surface area contributed by atoms with Gasteiger partial charge in [0.05, 0.1) is 5.92 Å². The van der Waals surface area contributed by atoms with Crippen molar-refractivity contribution < 1.29 is 19.6 Å². The molecule has 7 nitrogen and oxygen atoms in total. The lowest BCUT2D eigenvalue weighted by Crippen LogP contribution is -2.51.